The molecule has 0 aromatic carbocycles. The molecule has 0 fully saturated rings. The summed E-state index contributed by atoms with van der Waals surface area (Å²) in [5.74, 6) is 22.5. The zero-order valence-electron chi connectivity index (χ0n) is 9.25. The van der Waals surface area contributed by atoms with E-state index in [1.807, 2.05) is 0 Å². The molecule has 0 heteroatoms. The highest BCUT2D eigenvalue weighted by atomic mass is 13.8. The van der Waals surface area contributed by atoms with E-state index in [0.717, 1.165) is 0 Å². The van der Waals surface area contributed by atoms with Gasteiger partial charge >= 0.3 is 0 Å². The topological polar surface area (TPSA) is 0 Å². The van der Waals surface area contributed by atoms with E-state index in [9.17, 15) is 0 Å². The van der Waals surface area contributed by atoms with E-state index < -0.39 is 0 Å². The summed E-state index contributed by atoms with van der Waals surface area (Å²) in [4.78, 5) is 0. The first-order valence-corrected chi connectivity index (χ1v) is 4.91. The molecule has 0 aliphatic heterocycles. The van der Waals surface area contributed by atoms with Crippen LogP contribution in [0.5, 0.6) is 0 Å². The predicted octanol–water partition coefficient (Wildman–Crippen LogP) is 2.44. The first-order chi connectivity index (χ1) is 8.39. The first kappa shape index (κ1) is 12.1. The predicted molar refractivity (Wildman–Crippen MR) is 72.0 cm³/mol. The van der Waals surface area contributed by atoms with E-state index >= 15 is 0 Å². The lowest BCUT2D eigenvalue weighted by molar-refractivity contribution is 1.72. The van der Waals surface area contributed by atoms with Crippen molar-refractivity contribution in [3.8, 4) is 47.4 Å². The van der Waals surface area contributed by atoms with Gasteiger partial charge in [0.15, 0.2) is 5.57 Å². The van der Waals surface area contributed by atoms with Crippen molar-refractivity contribution in [3.05, 3.63) is 55.0 Å². The Bertz CT molecular complexity index is 606. The zero-order valence-corrected chi connectivity index (χ0v) is 9.25. The summed E-state index contributed by atoms with van der Waals surface area (Å²) in [5, 5.41) is 0. The Morgan fingerprint density at radius 1 is 0.706 bits per heavy atom. The lowest BCUT2D eigenvalue weighted by Crippen LogP contribution is -1.73. The molecule has 76 valence electrons. The third-order valence-corrected chi connectivity index (χ3v) is 1.48. The molecule has 1 aliphatic rings. The van der Waals surface area contributed by atoms with Crippen molar-refractivity contribution in [2.75, 3.05) is 0 Å². The smallest absolute Gasteiger partial charge is 0.0696 e. The first-order valence-electron chi connectivity index (χ1n) is 4.91. The molecule has 0 aromatic heterocycles. The lowest BCUT2D eigenvalue weighted by Gasteiger charge is -1.73. The molecule has 0 heterocycles. The van der Waals surface area contributed by atoms with Gasteiger partial charge in [-0.3, -0.25) is 0 Å². The molecule has 0 unspecified atom stereocenters. The van der Waals surface area contributed by atoms with Crippen LogP contribution in [0.4, 0.5) is 0 Å². The summed E-state index contributed by atoms with van der Waals surface area (Å²) >= 11 is 0. The Balaban J connectivity index is 2.85. The average Bonchev–Trinajstić information content (AvgIpc) is 2.32. The second-order valence-corrected chi connectivity index (χ2v) is 2.80. The third-order valence-electron chi connectivity index (χ3n) is 1.48. The second kappa shape index (κ2) is 8.38. The number of allylic oxidation sites excluding steroid dienone is 7. The van der Waals surface area contributed by atoms with Gasteiger partial charge in [0.25, 0.3) is 0 Å². The highest BCUT2D eigenvalue weighted by Gasteiger charge is 1.91. The molecular formula is C17H9+. The largest absolute Gasteiger partial charge is 0.156 e. The SMILES string of the molecule is C=C1C#C/C=C/C#C/C=C\C#C/C=C/C#C[CH+]1. The van der Waals surface area contributed by atoms with Crippen LogP contribution in [-0.2, 0) is 0 Å². The van der Waals surface area contributed by atoms with Crippen molar-refractivity contribution < 1.29 is 0 Å². The fraction of sp³-hybridized carbons (Fsp3) is 0. The minimum atomic E-state index is 0.668. The number of rotatable bonds is 0. The van der Waals surface area contributed by atoms with Crippen molar-refractivity contribution in [3.63, 3.8) is 0 Å². The summed E-state index contributed by atoms with van der Waals surface area (Å²) in [6, 6.07) is 0. The zero-order chi connectivity index (χ0) is 12.2. The van der Waals surface area contributed by atoms with Gasteiger partial charge in [-0.25, -0.2) is 0 Å². The normalized spacial score (nSPS) is 18.2. The van der Waals surface area contributed by atoms with Gasteiger partial charge in [-0.2, -0.15) is 0 Å². The van der Waals surface area contributed by atoms with E-state index in [2.05, 4.69) is 53.9 Å². The van der Waals surface area contributed by atoms with Crippen LogP contribution in [0.2, 0.25) is 0 Å². The second-order valence-electron chi connectivity index (χ2n) is 2.80. The van der Waals surface area contributed by atoms with Gasteiger partial charge in [0.1, 0.15) is 0 Å². The van der Waals surface area contributed by atoms with Gasteiger partial charge in [-0.1, -0.05) is 23.7 Å². The van der Waals surface area contributed by atoms with E-state index in [1.165, 1.54) is 0 Å². The van der Waals surface area contributed by atoms with Gasteiger partial charge in [0, 0.05) is 30.1 Å². The van der Waals surface area contributed by atoms with Gasteiger partial charge in [0.2, 0.25) is 0 Å². The van der Waals surface area contributed by atoms with Gasteiger partial charge < -0.3 is 0 Å². The van der Waals surface area contributed by atoms with E-state index in [-0.39, 0.29) is 0 Å². The third kappa shape index (κ3) is 7.05. The van der Waals surface area contributed by atoms with Crippen LogP contribution in [0, 0.1) is 53.8 Å². The summed E-state index contributed by atoms with van der Waals surface area (Å²) < 4.78 is 0. The van der Waals surface area contributed by atoms with E-state index in [4.69, 9.17) is 0 Å². The maximum atomic E-state index is 3.75. The molecule has 1 aliphatic carbocycles. The molecule has 0 atom stereocenters. The van der Waals surface area contributed by atoms with E-state index in [1.54, 1.807) is 42.9 Å². The fourth-order valence-electron chi connectivity index (χ4n) is 0.790. The highest BCUT2D eigenvalue weighted by molar-refractivity contribution is 5.44. The summed E-state index contributed by atoms with van der Waals surface area (Å²) in [7, 11) is 0. The molecule has 0 spiro atoms. The Morgan fingerprint density at radius 2 is 1.18 bits per heavy atom. The molecule has 0 aromatic rings. The van der Waals surface area contributed by atoms with Crippen molar-refractivity contribution in [2.45, 2.75) is 0 Å². The van der Waals surface area contributed by atoms with Gasteiger partial charge in [-0.05, 0) is 30.7 Å². The van der Waals surface area contributed by atoms with Crippen LogP contribution in [0.1, 0.15) is 0 Å². The molecule has 0 N–H and O–H groups in total. The van der Waals surface area contributed by atoms with Crippen LogP contribution in [0.3, 0.4) is 0 Å². The van der Waals surface area contributed by atoms with Crippen molar-refractivity contribution >= 4 is 0 Å². The molecule has 17 heavy (non-hydrogen) atoms. The molecule has 1 rings (SSSR count). The van der Waals surface area contributed by atoms with Crippen LogP contribution in [0.15, 0.2) is 48.6 Å². The minimum absolute atomic E-state index is 0.668. The molecule has 0 nitrogen and oxygen atoms in total. The maximum Gasteiger partial charge on any atom is 0.156 e. The molecular weight excluding hydrogens is 204 g/mol. The summed E-state index contributed by atoms with van der Waals surface area (Å²) in [5.41, 5.74) is 0.668. The molecule has 0 amide bonds. The van der Waals surface area contributed by atoms with Crippen molar-refractivity contribution in [1.82, 2.24) is 0 Å². The average molecular weight is 213 g/mol. The van der Waals surface area contributed by atoms with Gasteiger partial charge in [-0.15, -0.1) is 0 Å². The summed E-state index contributed by atoms with van der Waals surface area (Å²) in [6.45, 7) is 3.75. The Kier molecular flexibility index (Phi) is 5.99. The fourth-order valence-corrected chi connectivity index (χ4v) is 0.790. The standard InChI is InChI=1S/C17H9/c1-17-15-13-11-9-7-5-3-2-4-6-8-10-12-14-16-17/h2-3,8-11,16H,1H2/q+1/b3-2-,10-8+,11-9+. The van der Waals surface area contributed by atoms with Crippen LogP contribution >= 0.6 is 0 Å². The van der Waals surface area contributed by atoms with E-state index in [0.29, 0.717) is 5.57 Å². The van der Waals surface area contributed by atoms with Crippen molar-refractivity contribution in [2.24, 2.45) is 0 Å². The lowest BCUT2D eigenvalue weighted by atomic mass is 10.2. The van der Waals surface area contributed by atoms with Crippen molar-refractivity contribution in [1.29, 1.82) is 0 Å². The Morgan fingerprint density at radius 3 is 1.76 bits per heavy atom. The monoisotopic (exact) mass is 213 g/mol. The summed E-state index contributed by atoms with van der Waals surface area (Å²) in [6.07, 6.45) is 11.7. The van der Waals surface area contributed by atoms with Crippen LogP contribution < -0.4 is 0 Å². The Labute approximate surface area is 103 Å². The maximum absolute atomic E-state index is 3.75. The minimum Gasteiger partial charge on any atom is -0.0696 e. The number of hydrogen-bond acceptors (Lipinski definition) is 0. The Hall–Kier alpha value is -2.93. The van der Waals surface area contributed by atoms with Crippen LogP contribution in [-0.4, -0.2) is 0 Å². The number of hydrogen-bond donors (Lipinski definition) is 0. The quantitative estimate of drug-likeness (QED) is 0.428. The highest BCUT2D eigenvalue weighted by Crippen LogP contribution is 1.91. The van der Waals surface area contributed by atoms with Crippen LogP contribution in [0.25, 0.3) is 0 Å². The van der Waals surface area contributed by atoms with Gasteiger partial charge in [0.05, 0.1) is 12.3 Å². The molecule has 0 saturated heterocycles. The molecule has 0 saturated carbocycles. The molecule has 0 radical (unpaired) electrons. The molecule has 0 bridgehead atoms.